The van der Waals surface area contributed by atoms with Gasteiger partial charge in [-0.1, -0.05) is 30.3 Å². The van der Waals surface area contributed by atoms with E-state index >= 15 is 0 Å². The van der Waals surface area contributed by atoms with Crippen molar-refractivity contribution in [1.29, 1.82) is 0 Å². The molecule has 1 aliphatic carbocycles. The second-order valence-electron chi connectivity index (χ2n) is 8.14. The molecule has 7 heteroatoms. The lowest BCUT2D eigenvalue weighted by atomic mass is 10.1. The van der Waals surface area contributed by atoms with Crippen molar-refractivity contribution < 1.29 is 14.6 Å². The Morgan fingerprint density at radius 2 is 1.87 bits per heavy atom. The van der Waals surface area contributed by atoms with Crippen LogP contribution >= 0.6 is 0 Å². The standard InChI is InChI=1S/C24H21N4O3/c1-13-11-18(23(30)22(13)29)26-20-9-10-25-21-12-17(27-28(20)21)16-7-4-6-15-14-5-2-3-8-19(14)31-24(15)16/h2-10,12-13,18,22-23,26,29-30H,1,11H2/t13-,18-,22-,23+/m1/s1. The average Bonchev–Trinajstić information content (AvgIpc) is 3.45. The zero-order valence-electron chi connectivity index (χ0n) is 16.6. The van der Waals surface area contributed by atoms with Crippen LogP contribution in [0.4, 0.5) is 5.82 Å². The molecular formula is C24H21N4O3. The molecule has 1 aliphatic rings. The fraction of sp³-hybridized carbons (Fsp3) is 0.208. The molecule has 7 nitrogen and oxygen atoms in total. The van der Waals surface area contributed by atoms with Gasteiger partial charge in [-0.05, 0) is 37.5 Å². The van der Waals surface area contributed by atoms with Crippen molar-refractivity contribution in [2.75, 3.05) is 5.32 Å². The van der Waals surface area contributed by atoms with Crippen LogP contribution in [0.3, 0.4) is 0 Å². The molecule has 5 aromatic rings. The summed E-state index contributed by atoms with van der Waals surface area (Å²) in [6.45, 7) is 3.92. The number of para-hydroxylation sites is 2. The Labute approximate surface area is 177 Å². The van der Waals surface area contributed by atoms with E-state index < -0.39 is 12.2 Å². The van der Waals surface area contributed by atoms with E-state index in [2.05, 4.69) is 23.3 Å². The number of nitrogens with zero attached hydrogens (tertiary/aromatic N) is 3. The van der Waals surface area contributed by atoms with Crippen LogP contribution in [0.15, 0.2) is 65.2 Å². The third-order valence-corrected chi connectivity index (χ3v) is 6.17. The monoisotopic (exact) mass is 413 g/mol. The SMILES string of the molecule is [CH2][C@@H]1C[C@@H](Nc2ccnc3cc(-c4cccc5c4oc4ccccc45)nn23)[C@H](O)[C@@H]1O. The topological polar surface area (TPSA) is 95.8 Å². The van der Waals surface area contributed by atoms with E-state index in [1.165, 1.54) is 0 Å². The lowest BCUT2D eigenvalue weighted by molar-refractivity contribution is 0.0256. The third-order valence-electron chi connectivity index (χ3n) is 6.17. The van der Waals surface area contributed by atoms with E-state index in [0.29, 0.717) is 17.9 Å². The summed E-state index contributed by atoms with van der Waals surface area (Å²) in [5.74, 6) is 0.474. The van der Waals surface area contributed by atoms with Gasteiger partial charge in [0.2, 0.25) is 0 Å². The van der Waals surface area contributed by atoms with Crippen molar-refractivity contribution in [2.24, 2.45) is 5.92 Å². The van der Waals surface area contributed by atoms with Crippen molar-refractivity contribution in [1.82, 2.24) is 14.6 Å². The minimum atomic E-state index is -0.884. The number of aliphatic hydroxyl groups is 2. The van der Waals surface area contributed by atoms with E-state index in [9.17, 15) is 10.2 Å². The van der Waals surface area contributed by atoms with Crippen molar-refractivity contribution in [2.45, 2.75) is 24.7 Å². The Bertz CT molecular complexity index is 1420. The number of furan rings is 1. The largest absolute Gasteiger partial charge is 0.455 e. The van der Waals surface area contributed by atoms with Crippen LogP contribution in [0.25, 0.3) is 38.8 Å². The highest BCUT2D eigenvalue weighted by molar-refractivity contribution is 6.09. The van der Waals surface area contributed by atoms with Crippen molar-refractivity contribution >= 4 is 33.4 Å². The molecule has 3 aromatic heterocycles. The molecule has 1 saturated carbocycles. The van der Waals surface area contributed by atoms with Gasteiger partial charge >= 0.3 is 0 Å². The summed E-state index contributed by atoms with van der Waals surface area (Å²) < 4.78 is 7.87. The molecule has 4 atom stereocenters. The van der Waals surface area contributed by atoms with Crippen LogP contribution in [-0.2, 0) is 0 Å². The van der Waals surface area contributed by atoms with Gasteiger partial charge in [0.05, 0.1) is 17.8 Å². The summed E-state index contributed by atoms with van der Waals surface area (Å²) in [6.07, 6.45) is 0.543. The van der Waals surface area contributed by atoms with Gasteiger partial charge < -0.3 is 19.9 Å². The van der Waals surface area contributed by atoms with Gasteiger partial charge in [-0.2, -0.15) is 9.61 Å². The van der Waals surface area contributed by atoms with E-state index in [1.807, 2.05) is 42.5 Å². The minimum Gasteiger partial charge on any atom is -0.455 e. The summed E-state index contributed by atoms with van der Waals surface area (Å²) >= 11 is 0. The number of hydrogen-bond donors (Lipinski definition) is 3. The highest BCUT2D eigenvalue weighted by Gasteiger charge is 2.39. The first-order chi connectivity index (χ1) is 15.1. The molecule has 0 bridgehead atoms. The molecule has 0 amide bonds. The highest BCUT2D eigenvalue weighted by Crippen LogP contribution is 2.36. The zero-order valence-corrected chi connectivity index (χ0v) is 16.6. The normalized spacial score (nSPS) is 23.8. The fourth-order valence-electron chi connectivity index (χ4n) is 4.54. The van der Waals surface area contributed by atoms with E-state index in [4.69, 9.17) is 9.52 Å². The van der Waals surface area contributed by atoms with E-state index in [0.717, 1.165) is 33.2 Å². The number of aliphatic hydroxyl groups excluding tert-OH is 2. The lowest BCUT2D eigenvalue weighted by Gasteiger charge is -2.19. The predicted molar refractivity (Wildman–Crippen MR) is 119 cm³/mol. The smallest absolute Gasteiger partial charge is 0.157 e. The van der Waals surface area contributed by atoms with Gasteiger partial charge in [-0.25, -0.2) is 4.98 Å². The number of hydrogen-bond acceptors (Lipinski definition) is 6. The number of anilines is 1. The van der Waals surface area contributed by atoms with Crippen LogP contribution in [-0.4, -0.2) is 43.1 Å². The molecule has 0 spiro atoms. The van der Waals surface area contributed by atoms with Crippen LogP contribution in [0.2, 0.25) is 0 Å². The third kappa shape index (κ3) is 2.81. The number of benzene rings is 2. The molecule has 0 aliphatic heterocycles. The zero-order chi connectivity index (χ0) is 21.1. The van der Waals surface area contributed by atoms with Crippen molar-refractivity contribution in [3.8, 4) is 11.3 Å². The summed E-state index contributed by atoms with van der Waals surface area (Å²) in [4.78, 5) is 4.44. The highest BCUT2D eigenvalue weighted by atomic mass is 16.3. The van der Waals surface area contributed by atoms with Gasteiger partial charge in [0.1, 0.15) is 23.1 Å². The second-order valence-corrected chi connectivity index (χ2v) is 8.14. The Hall–Kier alpha value is -3.42. The van der Waals surface area contributed by atoms with Crippen molar-refractivity contribution in [3.63, 3.8) is 0 Å². The first-order valence-electron chi connectivity index (χ1n) is 10.3. The van der Waals surface area contributed by atoms with Crippen LogP contribution in [0, 0.1) is 12.8 Å². The quantitative estimate of drug-likeness (QED) is 0.418. The second kappa shape index (κ2) is 6.80. The number of rotatable bonds is 3. The predicted octanol–water partition coefficient (Wildman–Crippen LogP) is 3.65. The Kier molecular flexibility index (Phi) is 4.03. The molecule has 1 radical (unpaired) electrons. The average molecular weight is 413 g/mol. The van der Waals surface area contributed by atoms with E-state index in [1.54, 1.807) is 16.8 Å². The number of nitrogens with one attached hydrogen (secondary N) is 1. The molecule has 31 heavy (non-hydrogen) atoms. The van der Waals surface area contributed by atoms with Crippen LogP contribution in [0.1, 0.15) is 6.42 Å². The molecular weight excluding hydrogens is 392 g/mol. The Morgan fingerprint density at radius 1 is 1.03 bits per heavy atom. The molecule has 3 heterocycles. The molecule has 3 N–H and O–H groups in total. The maximum atomic E-state index is 10.3. The number of fused-ring (bicyclic) bond motifs is 4. The maximum Gasteiger partial charge on any atom is 0.157 e. The summed E-state index contributed by atoms with van der Waals surface area (Å²) in [6, 6.07) is 17.4. The first-order valence-corrected chi connectivity index (χ1v) is 10.3. The minimum absolute atomic E-state index is 0.219. The van der Waals surface area contributed by atoms with E-state index in [-0.39, 0.29) is 12.0 Å². The lowest BCUT2D eigenvalue weighted by Crippen LogP contribution is -2.35. The van der Waals surface area contributed by atoms with Crippen molar-refractivity contribution in [3.05, 3.63) is 67.7 Å². The van der Waals surface area contributed by atoms with Gasteiger partial charge in [-0.3, -0.25) is 0 Å². The Balaban J connectivity index is 1.45. The molecule has 6 rings (SSSR count). The molecule has 1 fully saturated rings. The van der Waals surface area contributed by atoms with Gasteiger partial charge in [-0.15, -0.1) is 0 Å². The molecule has 155 valence electrons. The first kappa shape index (κ1) is 18.4. The van der Waals surface area contributed by atoms with Gasteiger partial charge in [0, 0.05) is 28.6 Å². The summed E-state index contributed by atoms with van der Waals surface area (Å²) in [7, 11) is 0. The van der Waals surface area contributed by atoms with Gasteiger partial charge in [0.25, 0.3) is 0 Å². The van der Waals surface area contributed by atoms with Crippen LogP contribution < -0.4 is 5.32 Å². The molecule has 0 saturated heterocycles. The van der Waals surface area contributed by atoms with Crippen LogP contribution in [0.5, 0.6) is 0 Å². The van der Waals surface area contributed by atoms with Gasteiger partial charge in [0.15, 0.2) is 5.65 Å². The molecule has 0 unspecified atom stereocenters. The summed E-state index contributed by atoms with van der Waals surface area (Å²) in [5.41, 5.74) is 3.93. The fourth-order valence-corrected chi connectivity index (χ4v) is 4.54. The summed E-state index contributed by atoms with van der Waals surface area (Å²) in [5, 5.41) is 30.6. The number of aromatic nitrogens is 3. The Morgan fingerprint density at radius 3 is 2.71 bits per heavy atom. The maximum absolute atomic E-state index is 10.3. The molecule has 2 aromatic carbocycles.